The molecule has 1 N–H and O–H groups in total. The van der Waals surface area contributed by atoms with Crippen molar-refractivity contribution in [3.63, 3.8) is 0 Å². The molecule has 0 radical (unpaired) electrons. The summed E-state index contributed by atoms with van der Waals surface area (Å²) in [4.78, 5) is 2.48. The minimum atomic E-state index is 0.707. The maximum absolute atomic E-state index is 6.22. The summed E-state index contributed by atoms with van der Waals surface area (Å²) in [5.74, 6) is 0.830. The van der Waals surface area contributed by atoms with Crippen molar-refractivity contribution in [2.45, 2.75) is 26.3 Å². The first kappa shape index (κ1) is 15.1. The van der Waals surface area contributed by atoms with Crippen LogP contribution in [0.1, 0.15) is 25.3 Å². The summed E-state index contributed by atoms with van der Waals surface area (Å²) in [6, 6.07) is 5.78. The second-order valence-electron chi connectivity index (χ2n) is 5.26. The number of nitrogens with one attached hydrogen (secondary N) is 1. The van der Waals surface area contributed by atoms with Crippen LogP contribution in [-0.2, 0) is 6.54 Å². The van der Waals surface area contributed by atoms with Gasteiger partial charge < -0.3 is 5.32 Å². The Bertz CT molecular complexity index is 401. The van der Waals surface area contributed by atoms with E-state index < -0.39 is 0 Å². The van der Waals surface area contributed by atoms with Crippen molar-refractivity contribution in [2.24, 2.45) is 5.92 Å². The van der Waals surface area contributed by atoms with E-state index in [9.17, 15) is 0 Å². The predicted molar refractivity (Wildman–Crippen MR) is 83.0 cm³/mol. The smallest absolute Gasteiger partial charge is 0.0465 e. The van der Waals surface area contributed by atoms with Crippen LogP contribution in [0.4, 0.5) is 0 Å². The topological polar surface area (TPSA) is 15.3 Å². The first-order chi connectivity index (χ1) is 9.19. The average Bonchev–Trinajstić information content (AvgIpc) is 2.41. The van der Waals surface area contributed by atoms with E-state index in [1.54, 1.807) is 0 Å². The fourth-order valence-corrected chi connectivity index (χ4v) is 3.06. The zero-order chi connectivity index (χ0) is 13.7. The van der Waals surface area contributed by atoms with E-state index in [0.29, 0.717) is 5.02 Å². The molecular formula is C15H22Cl2N2. The Morgan fingerprint density at radius 1 is 1.26 bits per heavy atom. The predicted octanol–water partition coefficient (Wildman–Crippen LogP) is 3.81. The molecule has 0 bridgehead atoms. The molecule has 0 atom stereocenters. The van der Waals surface area contributed by atoms with E-state index in [1.807, 2.05) is 18.2 Å². The minimum absolute atomic E-state index is 0.707. The van der Waals surface area contributed by atoms with Crippen molar-refractivity contribution in [1.82, 2.24) is 10.2 Å². The van der Waals surface area contributed by atoms with Gasteiger partial charge in [-0.1, -0.05) is 36.2 Å². The highest BCUT2D eigenvalue weighted by atomic mass is 35.5. The fourth-order valence-electron chi connectivity index (χ4n) is 2.59. The number of benzene rings is 1. The van der Waals surface area contributed by atoms with Gasteiger partial charge in [0.25, 0.3) is 0 Å². The quantitative estimate of drug-likeness (QED) is 0.889. The number of piperidine rings is 1. The van der Waals surface area contributed by atoms with E-state index in [-0.39, 0.29) is 0 Å². The summed E-state index contributed by atoms with van der Waals surface area (Å²) in [7, 11) is 0. The molecule has 1 aromatic rings. The Morgan fingerprint density at radius 2 is 2.00 bits per heavy atom. The standard InChI is InChI=1S/C15H22Cl2N2/c1-2-18-10-12-5-7-19(8-6-12)11-13-3-4-14(16)9-15(13)17/h3-4,9,12,18H,2,5-8,10-11H2,1H3. The third-order valence-corrected chi connectivity index (χ3v) is 4.39. The normalized spacial score (nSPS) is 17.8. The van der Waals surface area contributed by atoms with Crippen LogP contribution in [0.25, 0.3) is 0 Å². The lowest BCUT2D eigenvalue weighted by atomic mass is 9.96. The average molecular weight is 301 g/mol. The molecule has 4 heteroatoms. The van der Waals surface area contributed by atoms with Crippen LogP contribution in [0.3, 0.4) is 0 Å². The fraction of sp³-hybridized carbons (Fsp3) is 0.600. The molecule has 0 spiro atoms. The molecular weight excluding hydrogens is 279 g/mol. The van der Waals surface area contributed by atoms with Gasteiger partial charge in [-0.05, 0) is 62.6 Å². The molecule has 1 aliphatic heterocycles. The van der Waals surface area contributed by atoms with Gasteiger partial charge in [0.15, 0.2) is 0 Å². The highest BCUT2D eigenvalue weighted by Crippen LogP contribution is 2.24. The van der Waals surface area contributed by atoms with Crippen LogP contribution >= 0.6 is 23.2 Å². The molecule has 2 nitrogen and oxygen atoms in total. The minimum Gasteiger partial charge on any atom is -0.317 e. The first-order valence-electron chi connectivity index (χ1n) is 7.06. The molecule has 1 fully saturated rings. The van der Waals surface area contributed by atoms with E-state index in [0.717, 1.165) is 43.7 Å². The van der Waals surface area contributed by atoms with Crippen LogP contribution in [0.15, 0.2) is 18.2 Å². The molecule has 0 unspecified atom stereocenters. The number of hydrogen-bond acceptors (Lipinski definition) is 2. The van der Waals surface area contributed by atoms with Crippen molar-refractivity contribution >= 4 is 23.2 Å². The zero-order valence-corrected chi connectivity index (χ0v) is 13.0. The van der Waals surface area contributed by atoms with Gasteiger partial charge in [-0.3, -0.25) is 4.90 Å². The van der Waals surface area contributed by atoms with Crippen molar-refractivity contribution in [3.8, 4) is 0 Å². The molecule has 2 rings (SSSR count). The Kier molecular flexibility index (Phi) is 5.96. The number of rotatable bonds is 5. The van der Waals surface area contributed by atoms with Gasteiger partial charge in [0, 0.05) is 16.6 Å². The van der Waals surface area contributed by atoms with Crippen LogP contribution in [0.2, 0.25) is 10.0 Å². The third kappa shape index (κ3) is 4.64. The third-order valence-electron chi connectivity index (χ3n) is 3.80. The largest absolute Gasteiger partial charge is 0.317 e. The van der Waals surface area contributed by atoms with Gasteiger partial charge in [-0.25, -0.2) is 0 Å². The van der Waals surface area contributed by atoms with Crippen LogP contribution in [0, 0.1) is 5.92 Å². The molecule has 106 valence electrons. The van der Waals surface area contributed by atoms with Crippen LogP contribution in [-0.4, -0.2) is 31.1 Å². The van der Waals surface area contributed by atoms with Crippen molar-refractivity contribution < 1.29 is 0 Å². The van der Waals surface area contributed by atoms with Gasteiger partial charge in [0.2, 0.25) is 0 Å². The second kappa shape index (κ2) is 7.49. The van der Waals surface area contributed by atoms with Crippen molar-refractivity contribution in [2.75, 3.05) is 26.2 Å². The summed E-state index contributed by atoms with van der Waals surface area (Å²) < 4.78 is 0. The number of halogens is 2. The highest BCUT2D eigenvalue weighted by molar-refractivity contribution is 6.35. The molecule has 0 aliphatic carbocycles. The van der Waals surface area contributed by atoms with E-state index in [4.69, 9.17) is 23.2 Å². The van der Waals surface area contributed by atoms with Crippen molar-refractivity contribution in [1.29, 1.82) is 0 Å². The maximum Gasteiger partial charge on any atom is 0.0465 e. The molecule has 0 saturated carbocycles. The first-order valence-corrected chi connectivity index (χ1v) is 7.81. The summed E-state index contributed by atoms with van der Waals surface area (Å²) in [5, 5.41) is 4.93. The highest BCUT2D eigenvalue weighted by Gasteiger charge is 2.19. The Labute approximate surface area is 126 Å². The Hall–Kier alpha value is -0.280. The Balaban J connectivity index is 1.82. The summed E-state index contributed by atoms with van der Waals surface area (Å²) in [6.07, 6.45) is 2.55. The second-order valence-corrected chi connectivity index (χ2v) is 6.11. The van der Waals surface area contributed by atoms with Gasteiger partial charge in [0.05, 0.1) is 0 Å². The van der Waals surface area contributed by atoms with E-state index >= 15 is 0 Å². The summed E-state index contributed by atoms with van der Waals surface area (Å²) in [5.41, 5.74) is 1.18. The van der Waals surface area contributed by atoms with Gasteiger partial charge >= 0.3 is 0 Å². The van der Waals surface area contributed by atoms with Gasteiger partial charge in [0.1, 0.15) is 0 Å². The lowest BCUT2D eigenvalue weighted by Gasteiger charge is -2.32. The lowest BCUT2D eigenvalue weighted by molar-refractivity contribution is 0.176. The monoisotopic (exact) mass is 300 g/mol. The molecule has 19 heavy (non-hydrogen) atoms. The van der Waals surface area contributed by atoms with Crippen molar-refractivity contribution in [3.05, 3.63) is 33.8 Å². The summed E-state index contributed by atoms with van der Waals surface area (Å²) >= 11 is 12.1. The lowest BCUT2D eigenvalue weighted by Crippen LogP contribution is -2.36. The SMILES string of the molecule is CCNCC1CCN(Cc2ccc(Cl)cc2Cl)CC1. The number of hydrogen-bond donors (Lipinski definition) is 1. The van der Waals surface area contributed by atoms with Crippen LogP contribution in [0.5, 0.6) is 0 Å². The summed E-state index contributed by atoms with van der Waals surface area (Å²) in [6.45, 7) is 7.65. The molecule has 1 aromatic carbocycles. The molecule has 1 saturated heterocycles. The van der Waals surface area contributed by atoms with E-state index in [1.165, 1.54) is 18.4 Å². The number of likely N-dealkylation sites (tertiary alicyclic amines) is 1. The number of nitrogens with zero attached hydrogens (tertiary/aromatic N) is 1. The molecule has 1 heterocycles. The Morgan fingerprint density at radius 3 is 2.63 bits per heavy atom. The van der Waals surface area contributed by atoms with Gasteiger partial charge in [-0.15, -0.1) is 0 Å². The maximum atomic E-state index is 6.22. The van der Waals surface area contributed by atoms with Gasteiger partial charge in [-0.2, -0.15) is 0 Å². The molecule has 0 amide bonds. The molecule has 1 aliphatic rings. The van der Waals surface area contributed by atoms with Crippen LogP contribution < -0.4 is 5.32 Å². The van der Waals surface area contributed by atoms with E-state index in [2.05, 4.69) is 17.1 Å². The zero-order valence-electron chi connectivity index (χ0n) is 11.5. The molecule has 0 aromatic heterocycles.